The number of hydrogen-bond acceptors (Lipinski definition) is 5. The van der Waals surface area contributed by atoms with Gasteiger partial charge in [-0.15, -0.1) is 11.3 Å². The standard InChI is InChI=1S/C18H22N4OS/c1-11-4-6-12(7-5-11)22-10-20-15-14-13(21(2)3)8-9-19-17(14)24-16(15)18(22)23/h8-12H,4-7H2,1-3H3. The van der Waals surface area contributed by atoms with E-state index in [9.17, 15) is 4.79 Å². The molecule has 3 aromatic heterocycles. The topological polar surface area (TPSA) is 51.0 Å². The number of thiophene rings is 1. The van der Waals surface area contributed by atoms with Gasteiger partial charge in [0.1, 0.15) is 9.53 Å². The molecule has 1 aliphatic carbocycles. The van der Waals surface area contributed by atoms with Crippen LogP contribution in [0.3, 0.4) is 0 Å². The summed E-state index contributed by atoms with van der Waals surface area (Å²) in [7, 11) is 4.01. The van der Waals surface area contributed by atoms with Crippen molar-refractivity contribution in [3.63, 3.8) is 0 Å². The largest absolute Gasteiger partial charge is 0.377 e. The zero-order valence-corrected chi connectivity index (χ0v) is 15.1. The molecule has 126 valence electrons. The van der Waals surface area contributed by atoms with Gasteiger partial charge in [-0.25, -0.2) is 9.97 Å². The lowest BCUT2D eigenvalue weighted by Crippen LogP contribution is -2.27. The van der Waals surface area contributed by atoms with Crippen molar-refractivity contribution in [1.29, 1.82) is 0 Å². The number of hydrogen-bond donors (Lipinski definition) is 0. The predicted molar refractivity (Wildman–Crippen MR) is 100 cm³/mol. The van der Waals surface area contributed by atoms with Crippen LogP contribution in [-0.2, 0) is 0 Å². The minimum Gasteiger partial charge on any atom is -0.377 e. The van der Waals surface area contributed by atoms with E-state index < -0.39 is 0 Å². The molecule has 24 heavy (non-hydrogen) atoms. The van der Waals surface area contributed by atoms with Gasteiger partial charge in [-0.2, -0.15) is 0 Å². The lowest BCUT2D eigenvalue weighted by Gasteiger charge is -2.27. The highest BCUT2D eigenvalue weighted by Crippen LogP contribution is 2.36. The van der Waals surface area contributed by atoms with Crippen molar-refractivity contribution in [3.05, 3.63) is 28.9 Å². The molecule has 1 fully saturated rings. The first-order valence-corrected chi connectivity index (χ1v) is 9.33. The average Bonchev–Trinajstić information content (AvgIpc) is 2.96. The summed E-state index contributed by atoms with van der Waals surface area (Å²) in [5.41, 5.74) is 1.94. The Balaban J connectivity index is 1.90. The lowest BCUT2D eigenvalue weighted by atomic mass is 9.87. The van der Waals surface area contributed by atoms with Gasteiger partial charge in [-0.3, -0.25) is 9.36 Å². The van der Waals surface area contributed by atoms with Crippen molar-refractivity contribution in [2.45, 2.75) is 38.6 Å². The zero-order valence-electron chi connectivity index (χ0n) is 14.3. The molecule has 3 aromatic rings. The van der Waals surface area contributed by atoms with Crippen molar-refractivity contribution < 1.29 is 0 Å². The third kappa shape index (κ3) is 2.40. The van der Waals surface area contributed by atoms with Crippen LogP contribution in [0.2, 0.25) is 0 Å². The Morgan fingerprint density at radius 2 is 1.96 bits per heavy atom. The lowest BCUT2D eigenvalue weighted by molar-refractivity contribution is 0.284. The van der Waals surface area contributed by atoms with Gasteiger partial charge in [0.15, 0.2) is 0 Å². The first kappa shape index (κ1) is 15.6. The highest BCUT2D eigenvalue weighted by atomic mass is 32.1. The van der Waals surface area contributed by atoms with E-state index in [-0.39, 0.29) is 11.6 Å². The minimum atomic E-state index is 0.0901. The molecule has 4 rings (SSSR count). The number of fused-ring (bicyclic) bond motifs is 3. The van der Waals surface area contributed by atoms with Gasteiger partial charge < -0.3 is 4.90 Å². The van der Waals surface area contributed by atoms with Crippen LogP contribution in [0.15, 0.2) is 23.4 Å². The number of nitrogens with zero attached hydrogens (tertiary/aromatic N) is 4. The summed E-state index contributed by atoms with van der Waals surface area (Å²) >= 11 is 1.46. The number of rotatable bonds is 2. The molecule has 1 saturated carbocycles. The van der Waals surface area contributed by atoms with E-state index in [2.05, 4.69) is 16.9 Å². The second-order valence-electron chi connectivity index (χ2n) is 7.06. The van der Waals surface area contributed by atoms with E-state index in [1.54, 1.807) is 12.5 Å². The van der Waals surface area contributed by atoms with Gasteiger partial charge >= 0.3 is 0 Å². The smallest absolute Gasteiger partial charge is 0.271 e. The van der Waals surface area contributed by atoms with Crippen LogP contribution in [-0.4, -0.2) is 28.6 Å². The van der Waals surface area contributed by atoms with Crippen molar-refractivity contribution >= 4 is 37.5 Å². The molecule has 0 aliphatic heterocycles. The van der Waals surface area contributed by atoms with E-state index in [4.69, 9.17) is 0 Å². The molecular weight excluding hydrogens is 320 g/mol. The fraction of sp³-hybridized carbons (Fsp3) is 0.500. The Bertz CT molecular complexity index is 951. The fourth-order valence-electron chi connectivity index (χ4n) is 3.70. The van der Waals surface area contributed by atoms with E-state index in [1.807, 2.05) is 29.6 Å². The van der Waals surface area contributed by atoms with Crippen molar-refractivity contribution in [2.75, 3.05) is 19.0 Å². The minimum absolute atomic E-state index is 0.0901. The summed E-state index contributed by atoms with van der Waals surface area (Å²) in [4.78, 5) is 25.1. The third-order valence-electron chi connectivity index (χ3n) is 5.15. The highest BCUT2D eigenvalue weighted by molar-refractivity contribution is 7.25. The molecule has 0 atom stereocenters. The van der Waals surface area contributed by atoms with Gasteiger partial charge in [-0.1, -0.05) is 6.92 Å². The van der Waals surface area contributed by atoms with Crippen LogP contribution in [0.4, 0.5) is 5.69 Å². The molecule has 6 heteroatoms. The van der Waals surface area contributed by atoms with Gasteiger partial charge in [0.05, 0.1) is 22.9 Å². The molecule has 0 bridgehead atoms. The maximum absolute atomic E-state index is 13.1. The first-order valence-electron chi connectivity index (χ1n) is 8.52. The Morgan fingerprint density at radius 1 is 1.21 bits per heavy atom. The van der Waals surface area contributed by atoms with Crippen LogP contribution in [0.5, 0.6) is 0 Å². The second kappa shape index (κ2) is 5.84. The maximum atomic E-state index is 13.1. The first-order chi connectivity index (χ1) is 11.6. The molecule has 0 unspecified atom stereocenters. The summed E-state index contributed by atoms with van der Waals surface area (Å²) in [6.07, 6.45) is 8.07. The average molecular weight is 342 g/mol. The maximum Gasteiger partial charge on any atom is 0.271 e. The Morgan fingerprint density at radius 3 is 2.67 bits per heavy atom. The molecular formula is C18H22N4OS. The van der Waals surface area contributed by atoms with E-state index in [0.29, 0.717) is 0 Å². The normalized spacial score (nSPS) is 21.5. The molecule has 0 saturated heterocycles. The summed E-state index contributed by atoms with van der Waals surface area (Å²) in [6, 6.07) is 2.27. The SMILES string of the molecule is CC1CCC(n2cnc3c(sc4nccc(N(C)C)c43)c2=O)CC1. The van der Waals surface area contributed by atoms with Crippen molar-refractivity contribution in [3.8, 4) is 0 Å². The Labute approximate surface area is 145 Å². The van der Waals surface area contributed by atoms with Crippen LogP contribution < -0.4 is 10.5 Å². The predicted octanol–water partition coefficient (Wildman–Crippen LogP) is 3.82. The molecule has 0 amide bonds. The Kier molecular flexibility index (Phi) is 3.79. The summed E-state index contributed by atoms with van der Waals surface area (Å²) in [6.45, 7) is 2.29. The van der Waals surface area contributed by atoms with Crippen LogP contribution in [0, 0.1) is 5.92 Å². The highest BCUT2D eigenvalue weighted by Gasteiger charge is 2.23. The number of anilines is 1. The van der Waals surface area contributed by atoms with Gasteiger partial charge in [0.25, 0.3) is 5.56 Å². The summed E-state index contributed by atoms with van der Waals surface area (Å²) in [5, 5.41) is 0.990. The van der Waals surface area contributed by atoms with E-state index in [1.165, 1.54) is 24.2 Å². The number of aromatic nitrogens is 3. The van der Waals surface area contributed by atoms with Crippen LogP contribution in [0.1, 0.15) is 38.6 Å². The quantitative estimate of drug-likeness (QED) is 0.710. The monoisotopic (exact) mass is 342 g/mol. The van der Waals surface area contributed by atoms with Gasteiger partial charge in [0.2, 0.25) is 0 Å². The Hall–Kier alpha value is -1.95. The fourth-order valence-corrected chi connectivity index (χ4v) is 4.76. The van der Waals surface area contributed by atoms with Crippen LogP contribution in [0.25, 0.3) is 20.4 Å². The number of pyridine rings is 1. The third-order valence-corrected chi connectivity index (χ3v) is 6.22. The molecule has 0 aromatic carbocycles. The van der Waals surface area contributed by atoms with Gasteiger partial charge in [0, 0.05) is 26.3 Å². The zero-order chi connectivity index (χ0) is 16.8. The molecule has 3 heterocycles. The molecule has 0 spiro atoms. The summed E-state index contributed by atoms with van der Waals surface area (Å²) < 4.78 is 2.59. The second-order valence-corrected chi connectivity index (χ2v) is 8.05. The molecule has 5 nitrogen and oxygen atoms in total. The van der Waals surface area contributed by atoms with Crippen molar-refractivity contribution in [1.82, 2.24) is 14.5 Å². The van der Waals surface area contributed by atoms with Crippen LogP contribution >= 0.6 is 11.3 Å². The van der Waals surface area contributed by atoms with E-state index in [0.717, 1.165) is 44.9 Å². The molecule has 0 N–H and O–H groups in total. The van der Waals surface area contributed by atoms with E-state index >= 15 is 0 Å². The summed E-state index contributed by atoms with van der Waals surface area (Å²) in [5.74, 6) is 0.768. The van der Waals surface area contributed by atoms with Gasteiger partial charge in [-0.05, 0) is 37.7 Å². The van der Waals surface area contributed by atoms with Crippen molar-refractivity contribution in [2.24, 2.45) is 5.92 Å². The molecule has 0 radical (unpaired) electrons. The molecule has 1 aliphatic rings.